The van der Waals surface area contributed by atoms with Crippen molar-refractivity contribution in [2.24, 2.45) is 0 Å². The van der Waals surface area contributed by atoms with Crippen LogP contribution < -0.4 is 5.32 Å². The molecule has 2 aromatic rings. The lowest BCUT2D eigenvalue weighted by molar-refractivity contribution is -0.122. The van der Waals surface area contributed by atoms with Crippen LogP contribution in [0.25, 0.3) is 0 Å². The summed E-state index contributed by atoms with van der Waals surface area (Å²) in [5, 5.41) is 14.4. The average molecular weight is 278 g/mol. The number of hydrogen-bond acceptors (Lipinski definition) is 4. The number of tetrazole rings is 1. The zero-order chi connectivity index (χ0) is 13.2. The van der Waals surface area contributed by atoms with E-state index in [2.05, 4.69) is 20.8 Å². The van der Waals surface area contributed by atoms with E-state index in [9.17, 15) is 4.79 Å². The summed E-state index contributed by atoms with van der Waals surface area (Å²) in [6.45, 7) is 0.131. The van der Waals surface area contributed by atoms with Gasteiger partial charge in [0.15, 0.2) is 0 Å². The van der Waals surface area contributed by atoms with Crippen molar-refractivity contribution in [1.82, 2.24) is 25.5 Å². The summed E-state index contributed by atoms with van der Waals surface area (Å²) in [7, 11) is 0. The smallest absolute Gasteiger partial charge is 0.242 e. The van der Waals surface area contributed by atoms with E-state index in [1.807, 2.05) is 18.2 Å². The third-order valence-electron chi connectivity index (χ3n) is 3.22. The minimum Gasteiger partial charge on any atom is -0.348 e. The van der Waals surface area contributed by atoms with Gasteiger partial charge in [-0.25, -0.2) is 4.68 Å². The second-order valence-corrected chi connectivity index (χ2v) is 4.95. The lowest BCUT2D eigenvalue weighted by atomic mass is 10.1. The van der Waals surface area contributed by atoms with Crippen molar-refractivity contribution in [1.29, 1.82) is 0 Å². The zero-order valence-electron chi connectivity index (χ0n) is 10.1. The second kappa shape index (κ2) is 4.97. The van der Waals surface area contributed by atoms with Gasteiger partial charge in [-0.15, -0.1) is 5.10 Å². The molecule has 1 aliphatic carbocycles. The van der Waals surface area contributed by atoms with Gasteiger partial charge in [-0.2, -0.15) is 0 Å². The van der Waals surface area contributed by atoms with Gasteiger partial charge in [0.1, 0.15) is 12.9 Å². The molecule has 1 unspecified atom stereocenters. The Kier molecular flexibility index (Phi) is 3.16. The van der Waals surface area contributed by atoms with Crippen LogP contribution in [0, 0.1) is 0 Å². The van der Waals surface area contributed by atoms with Crippen molar-refractivity contribution in [2.75, 3.05) is 0 Å². The molecule has 0 spiro atoms. The zero-order valence-corrected chi connectivity index (χ0v) is 10.8. The van der Waals surface area contributed by atoms with Crippen LogP contribution in [0.2, 0.25) is 5.02 Å². The Balaban J connectivity index is 1.67. The average Bonchev–Trinajstić information content (AvgIpc) is 2.99. The van der Waals surface area contributed by atoms with E-state index < -0.39 is 0 Å². The number of nitrogens with one attached hydrogen (secondary N) is 1. The van der Waals surface area contributed by atoms with Crippen LogP contribution in [-0.2, 0) is 17.8 Å². The minimum absolute atomic E-state index is 0.0521. The van der Waals surface area contributed by atoms with Crippen molar-refractivity contribution in [3.8, 4) is 0 Å². The monoisotopic (exact) mass is 277 g/mol. The molecule has 19 heavy (non-hydrogen) atoms. The molecular formula is C12H12ClN5O. The van der Waals surface area contributed by atoms with Crippen molar-refractivity contribution in [2.45, 2.75) is 25.4 Å². The first-order valence-electron chi connectivity index (χ1n) is 6.01. The summed E-state index contributed by atoms with van der Waals surface area (Å²) in [6.07, 6.45) is 3.25. The molecule has 1 heterocycles. The molecule has 1 aromatic heterocycles. The molecule has 6 nitrogen and oxygen atoms in total. The SMILES string of the molecule is O=C(Cn1cnnn1)NC1CCc2cc(Cl)ccc21. The Bertz CT molecular complexity index is 598. The summed E-state index contributed by atoms with van der Waals surface area (Å²) in [5.74, 6) is -0.0971. The quantitative estimate of drug-likeness (QED) is 0.913. The van der Waals surface area contributed by atoms with E-state index in [1.54, 1.807) is 0 Å². The number of amides is 1. The Morgan fingerprint density at radius 1 is 1.53 bits per heavy atom. The van der Waals surface area contributed by atoms with Crippen LogP contribution in [-0.4, -0.2) is 26.1 Å². The van der Waals surface area contributed by atoms with Gasteiger partial charge in [0.2, 0.25) is 5.91 Å². The number of aromatic nitrogens is 4. The molecule has 0 radical (unpaired) electrons. The summed E-state index contributed by atoms with van der Waals surface area (Å²) in [4.78, 5) is 11.9. The maximum atomic E-state index is 11.9. The Hall–Kier alpha value is -1.95. The number of carbonyl (C=O) groups excluding carboxylic acids is 1. The normalized spacial score (nSPS) is 17.2. The maximum Gasteiger partial charge on any atom is 0.242 e. The predicted octanol–water partition coefficient (Wildman–Crippen LogP) is 1.13. The molecule has 0 bridgehead atoms. The van der Waals surface area contributed by atoms with E-state index >= 15 is 0 Å². The summed E-state index contributed by atoms with van der Waals surface area (Å²) < 4.78 is 1.40. The Morgan fingerprint density at radius 2 is 2.42 bits per heavy atom. The van der Waals surface area contributed by atoms with Crippen LogP contribution in [0.15, 0.2) is 24.5 Å². The van der Waals surface area contributed by atoms with Crippen LogP contribution in [0.1, 0.15) is 23.6 Å². The van der Waals surface area contributed by atoms with E-state index in [0.717, 1.165) is 23.4 Å². The molecule has 1 N–H and O–H groups in total. The van der Waals surface area contributed by atoms with Crippen LogP contribution in [0.4, 0.5) is 0 Å². The minimum atomic E-state index is -0.0971. The van der Waals surface area contributed by atoms with E-state index in [4.69, 9.17) is 11.6 Å². The molecule has 0 aliphatic heterocycles. The highest BCUT2D eigenvalue weighted by Gasteiger charge is 2.24. The molecule has 1 atom stereocenters. The predicted molar refractivity (Wildman–Crippen MR) is 68.5 cm³/mol. The van der Waals surface area contributed by atoms with Gasteiger partial charge >= 0.3 is 0 Å². The molecule has 0 saturated heterocycles. The fourth-order valence-corrected chi connectivity index (χ4v) is 2.57. The number of nitrogens with zero attached hydrogens (tertiary/aromatic N) is 4. The molecule has 0 saturated carbocycles. The van der Waals surface area contributed by atoms with Crippen molar-refractivity contribution in [3.63, 3.8) is 0 Å². The van der Waals surface area contributed by atoms with Crippen LogP contribution >= 0.6 is 11.6 Å². The van der Waals surface area contributed by atoms with E-state index in [1.165, 1.54) is 16.6 Å². The number of benzene rings is 1. The third-order valence-corrected chi connectivity index (χ3v) is 3.45. The first kappa shape index (κ1) is 12.1. The van der Waals surface area contributed by atoms with Crippen LogP contribution in [0.3, 0.4) is 0 Å². The van der Waals surface area contributed by atoms with Crippen molar-refractivity contribution < 1.29 is 4.79 Å². The third kappa shape index (κ3) is 2.58. The summed E-state index contributed by atoms with van der Waals surface area (Å²) >= 11 is 5.96. The number of halogens is 1. The van der Waals surface area contributed by atoms with Crippen LogP contribution in [0.5, 0.6) is 0 Å². The molecule has 98 valence electrons. The first-order valence-corrected chi connectivity index (χ1v) is 6.38. The maximum absolute atomic E-state index is 11.9. The second-order valence-electron chi connectivity index (χ2n) is 4.51. The van der Waals surface area contributed by atoms with E-state index in [0.29, 0.717) is 0 Å². The number of rotatable bonds is 3. The fourth-order valence-electron chi connectivity index (χ4n) is 2.38. The Labute approximate surface area is 114 Å². The standard InChI is InChI=1S/C12H12ClN5O/c13-9-2-3-10-8(5-9)1-4-11(10)15-12(19)6-18-7-14-16-17-18/h2-3,5,7,11H,1,4,6H2,(H,15,19). The van der Waals surface area contributed by atoms with Gasteiger partial charge in [-0.05, 0) is 46.5 Å². The highest BCUT2D eigenvalue weighted by molar-refractivity contribution is 6.30. The van der Waals surface area contributed by atoms with Crippen molar-refractivity contribution in [3.05, 3.63) is 40.7 Å². The molecule has 1 aliphatic rings. The number of aryl methyl sites for hydroxylation is 1. The Morgan fingerprint density at radius 3 is 3.21 bits per heavy atom. The van der Waals surface area contributed by atoms with Gasteiger partial charge in [0, 0.05) is 5.02 Å². The molecule has 7 heteroatoms. The largest absolute Gasteiger partial charge is 0.348 e. The molecule has 1 amide bonds. The van der Waals surface area contributed by atoms with Gasteiger partial charge in [-0.3, -0.25) is 4.79 Å². The first-order chi connectivity index (χ1) is 9.22. The number of hydrogen-bond donors (Lipinski definition) is 1. The van der Waals surface area contributed by atoms with Gasteiger partial charge < -0.3 is 5.32 Å². The molecule has 3 rings (SSSR count). The van der Waals surface area contributed by atoms with Crippen molar-refractivity contribution >= 4 is 17.5 Å². The van der Waals surface area contributed by atoms with Gasteiger partial charge in [0.25, 0.3) is 0 Å². The topological polar surface area (TPSA) is 72.7 Å². The number of fused-ring (bicyclic) bond motifs is 1. The molecular weight excluding hydrogens is 266 g/mol. The lowest BCUT2D eigenvalue weighted by Crippen LogP contribution is -2.30. The number of carbonyl (C=O) groups is 1. The molecule has 0 fully saturated rings. The fraction of sp³-hybridized carbons (Fsp3) is 0.333. The summed E-state index contributed by atoms with van der Waals surface area (Å²) in [6, 6.07) is 5.85. The highest BCUT2D eigenvalue weighted by Crippen LogP contribution is 2.32. The van der Waals surface area contributed by atoms with Gasteiger partial charge in [0.05, 0.1) is 6.04 Å². The highest BCUT2D eigenvalue weighted by atomic mass is 35.5. The van der Waals surface area contributed by atoms with Gasteiger partial charge in [-0.1, -0.05) is 17.7 Å². The lowest BCUT2D eigenvalue weighted by Gasteiger charge is -2.13. The molecule has 1 aromatic carbocycles. The van der Waals surface area contributed by atoms with E-state index in [-0.39, 0.29) is 18.5 Å². The summed E-state index contributed by atoms with van der Waals surface area (Å²) in [5.41, 5.74) is 2.36.